The number of hydrogen-bond acceptors (Lipinski definition) is 16. The van der Waals surface area contributed by atoms with Crippen LogP contribution in [0.25, 0.3) is 0 Å². The van der Waals surface area contributed by atoms with Crippen LogP contribution in [-0.4, -0.2) is 129 Å². The Balaban J connectivity index is 0.000000142. The van der Waals surface area contributed by atoms with Crippen molar-refractivity contribution in [1.82, 2.24) is 10.6 Å². The molecular weight excluding hydrogens is 1360 g/mol. The Kier molecular flexibility index (Phi) is 24.9. The molecule has 19 fully saturated rings. The van der Waals surface area contributed by atoms with Crippen LogP contribution < -0.4 is 10.6 Å². The number of carbonyl (C=O) groups excluding carboxylic acids is 7. The zero-order valence-electron chi connectivity index (χ0n) is 66.5. The van der Waals surface area contributed by atoms with Gasteiger partial charge in [0.2, 0.25) is 11.8 Å². The standard InChI is InChI=1S/C17H27NO3.C17H29NO3.C17H24O6.C17H26O4.C16H24O4/c1-10(11(2)16(20)21-3)15(19)18-17-7-12-4-13(8-17)6-14(5-12)9-17;1-9(10(2)16(20)21-6)15(19)18-14-8-12-7-13(11(14)3)17(12,4)5;1-9(13(18)19)10(2)14(20)23-17-6-11-3-12(7-17)5-16(4-11,8-17)15(21)22;1-9(15(18)19)10(2)16(20)21-17(3)13-5-11-4-12(7-13)8-14(17)6-11;1-9(14(17)18)10(2)15(19)20-16-6-11-3-12(7-16)5-13(4-11)8-16/h10-14H,4-9H2,1-3H3,(H,18,19);9-14H,7-8H2,1-6H3,(H,18,19);9-12H,3-8H2,1-2H3,(H,18,19)(H,21,22);9-14H,4-8H2,1-3H3,(H,18,19);9-13H,3-8H2,1-2H3,(H,17,18)/t;9?,10?,11?,12-,13?,14+;;;/m.0.../s1. The lowest BCUT2D eigenvalue weighted by molar-refractivity contribution is -0.213. The van der Waals surface area contributed by atoms with Crippen molar-refractivity contribution in [2.45, 2.75) is 286 Å². The molecule has 19 saturated carbocycles. The number of methoxy groups -OCH3 is 2. The quantitative estimate of drug-likeness (QED) is 0.0459. The molecular formula is C84H130N2O20. The predicted octanol–water partition coefficient (Wildman–Crippen LogP) is 13.4. The van der Waals surface area contributed by atoms with Gasteiger partial charge < -0.3 is 54.7 Å². The van der Waals surface area contributed by atoms with Crippen molar-refractivity contribution in [3.8, 4) is 0 Å². The maximum Gasteiger partial charge on any atom is 0.310 e. The second kappa shape index (κ2) is 31.9. The van der Waals surface area contributed by atoms with Crippen LogP contribution in [0.15, 0.2) is 0 Å². The van der Waals surface area contributed by atoms with E-state index in [4.69, 9.17) is 39.0 Å². The van der Waals surface area contributed by atoms with E-state index in [1.807, 2.05) is 6.92 Å². The van der Waals surface area contributed by atoms with E-state index < -0.39 is 82.3 Å². The fourth-order valence-corrected chi connectivity index (χ4v) is 24.7. The predicted molar refractivity (Wildman–Crippen MR) is 391 cm³/mol. The Morgan fingerprint density at radius 1 is 0.358 bits per heavy atom. The normalized spacial score (nSPS) is 40.2. The Labute approximate surface area is 629 Å². The van der Waals surface area contributed by atoms with E-state index in [1.54, 1.807) is 55.4 Å². The molecule has 16 atom stereocenters. The number of amides is 2. The van der Waals surface area contributed by atoms with Gasteiger partial charge in [0, 0.05) is 29.8 Å². The third-order valence-electron chi connectivity index (χ3n) is 31.3. The molecule has 106 heavy (non-hydrogen) atoms. The summed E-state index contributed by atoms with van der Waals surface area (Å²) in [4.78, 5) is 130. The van der Waals surface area contributed by atoms with Crippen LogP contribution >= 0.6 is 0 Å². The summed E-state index contributed by atoms with van der Waals surface area (Å²) < 4.78 is 27.1. The van der Waals surface area contributed by atoms with Crippen LogP contribution in [0, 0.1) is 159 Å². The van der Waals surface area contributed by atoms with E-state index in [0.717, 1.165) is 117 Å². The number of aliphatic carboxylic acids is 4. The third kappa shape index (κ3) is 17.2. The minimum absolute atomic E-state index is 0.0230. The average Bonchev–Trinajstić information content (AvgIpc) is 0.738. The van der Waals surface area contributed by atoms with Crippen molar-refractivity contribution >= 4 is 65.5 Å². The smallest absolute Gasteiger partial charge is 0.310 e. The van der Waals surface area contributed by atoms with E-state index in [1.165, 1.54) is 98.2 Å². The molecule has 0 aromatic rings. The van der Waals surface area contributed by atoms with E-state index >= 15 is 0 Å². The van der Waals surface area contributed by atoms with Crippen LogP contribution in [0.5, 0.6) is 0 Å². The number of rotatable bonds is 21. The number of nitrogens with one attached hydrogen (secondary N) is 2. The van der Waals surface area contributed by atoms with Crippen LogP contribution in [-0.2, 0) is 76.4 Å². The minimum atomic E-state index is -1.03. The van der Waals surface area contributed by atoms with Gasteiger partial charge in [0.05, 0.1) is 67.0 Å². The lowest BCUT2D eigenvalue weighted by atomic mass is 9.45. The summed E-state index contributed by atoms with van der Waals surface area (Å²) in [7, 11) is 2.74. The first kappa shape index (κ1) is 82.7. The lowest BCUT2D eigenvalue weighted by Gasteiger charge is -2.62. The molecule has 22 nitrogen and oxygen atoms in total. The maximum absolute atomic E-state index is 12.6. The molecule has 19 aliphatic rings. The zero-order chi connectivity index (χ0) is 78.0. The van der Waals surface area contributed by atoms with Crippen LogP contribution in [0.2, 0.25) is 0 Å². The highest BCUT2D eigenvalue weighted by molar-refractivity contribution is 5.86. The summed E-state index contributed by atoms with van der Waals surface area (Å²) in [5, 5.41) is 43.3. The minimum Gasteiger partial charge on any atom is -0.481 e. The Morgan fingerprint density at radius 3 is 1.07 bits per heavy atom. The van der Waals surface area contributed by atoms with Crippen molar-refractivity contribution < 1.29 is 96.9 Å². The largest absolute Gasteiger partial charge is 0.481 e. The Hall–Kier alpha value is -5.83. The first-order valence-corrected chi connectivity index (χ1v) is 40.9. The summed E-state index contributed by atoms with van der Waals surface area (Å²) in [6.07, 6.45) is 27.1. The molecule has 14 unspecified atom stereocenters. The molecule has 6 N–H and O–H groups in total. The van der Waals surface area contributed by atoms with Gasteiger partial charge in [0.25, 0.3) is 0 Å². The highest BCUT2D eigenvalue weighted by Gasteiger charge is 2.64. The molecule has 18 bridgehead atoms. The second-order valence-corrected chi connectivity index (χ2v) is 38.8. The molecule has 0 aliphatic heterocycles. The molecule has 0 spiro atoms. The summed E-state index contributed by atoms with van der Waals surface area (Å²) in [6, 6.07) is 0.251. The van der Waals surface area contributed by atoms with Gasteiger partial charge in [0.15, 0.2) is 0 Å². The second-order valence-electron chi connectivity index (χ2n) is 38.8. The van der Waals surface area contributed by atoms with Gasteiger partial charge in [-0.1, -0.05) is 90.0 Å². The van der Waals surface area contributed by atoms with Gasteiger partial charge in [-0.2, -0.15) is 0 Å². The van der Waals surface area contributed by atoms with Gasteiger partial charge in [-0.3, -0.25) is 52.7 Å². The fraction of sp³-hybridized carbons (Fsp3) is 0.869. The molecule has 22 heteroatoms. The van der Waals surface area contributed by atoms with Crippen LogP contribution in [0.1, 0.15) is 257 Å². The zero-order valence-corrected chi connectivity index (χ0v) is 66.5. The van der Waals surface area contributed by atoms with Gasteiger partial charge >= 0.3 is 53.7 Å². The highest BCUT2D eigenvalue weighted by atomic mass is 16.6. The van der Waals surface area contributed by atoms with E-state index in [0.29, 0.717) is 60.2 Å². The van der Waals surface area contributed by atoms with Crippen molar-refractivity contribution in [1.29, 1.82) is 0 Å². The van der Waals surface area contributed by atoms with Crippen molar-refractivity contribution in [3.05, 3.63) is 0 Å². The topological polar surface area (TPSA) is 339 Å². The van der Waals surface area contributed by atoms with E-state index in [9.17, 15) is 57.8 Å². The molecule has 19 aliphatic carbocycles. The van der Waals surface area contributed by atoms with Crippen molar-refractivity contribution in [3.63, 3.8) is 0 Å². The van der Waals surface area contributed by atoms with E-state index in [2.05, 4.69) is 38.3 Å². The lowest BCUT2D eigenvalue weighted by Crippen LogP contribution is -2.61. The maximum atomic E-state index is 12.6. The molecule has 0 aromatic heterocycles. The Bertz CT molecular complexity index is 3190. The summed E-state index contributed by atoms with van der Waals surface area (Å²) in [5.74, 6) is -1.27. The number of hydrogen-bond donors (Lipinski definition) is 6. The molecule has 0 heterocycles. The molecule has 0 saturated heterocycles. The number of ether oxygens (including phenoxy) is 5. The summed E-state index contributed by atoms with van der Waals surface area (Å²) in [5.41, 5.74) is -1.64. The fourth-order valence-electron chi connectivity index (χ4n) is 24.7. The first-order chi connectivity index (χ1) is 49.5. The van der Waals surface area contributed by atoms with Crippen LogP contribution in [0.3, 0.4) is 0 Å². The van der Waals surface area contributed by atoms with Crippen molar-refractivity contribution in [2.75, 3.05) is 14.2 Å². The van der Waals surface area contributed by atoms with Crippen LogP contribution in [0.4, 0.5) is 0 Å². The summed E-state index contributed by atoms with van der Waals surface area (Å²) in [6.45, 7) is 25.7. The first-order valence-electron chi connectivity index (χ1n) is 40.9. The molecule has 2 amide bonds. The van der Waals surface area contributed by atoms with E-state index in [-0.39, 0.29) is 76.2 Å². The third-order valence-corrected chi connectivity index (χ3v) is 31.3. The van der Waals surface area contributed by atoms with Gasteiger partial charge in [-0.25, -0.2) is 0 Å². The number of carboxylic acids is 4. The molecule has 0 radical (unpaired) electrons. The van der Waals surface area contributed by atoms with Gasteiger partial charge in [0.1, 0.15) is 16.8 Å². The molecule has 0 aromatic carbocycles. The number of carboxylic acid groups (broad SMARTS) is 4. The number of carbonyl (C=O) groups is 11. The SMILES string of the molecule is CC(C(=O)O)C(C)C(=O)OC1(C)C2CC3CC(C2)CC1C3.CC(C(=O)O)C(C)C(=O)OC12CC3CC(C1)CC(C(=O)O)(C3)C2.CC(C(=O)O)C(C)C(=O)OC12CC3CC(CC(C3)C1)C2.COC(=O)C(C)C(C)C(=O)NC12CC3CC(CC(C3)C1)C2.COC(=O)C(C)C(C)C(=O)N[C@@H]1C[C@@H]2CC(C1C)C2(C)C. The number of esters is 5. The average molecular weight is 1490 g/mol. The molecule has 19 rings (SSSR count). The monoisotopic (exact) mass is 1490 g/mol. The Morgan fingerprint density at radius 2 is 0.698 bits per heavy atom. The number of fused-ring (bicyclic) bond motifs is 2. The van der Waals surface area contributed by atoms with Crippen molar-refractivity contribution in [2.24, 2.45) is 159 Å². The highest BCUT2D eigenvalue weighted by Crippen LogP contribution is 2.65. The van der Waals surface area contributed by atoms with Gasteiger partial charge in [-0.15, -0.1) is 0 Å². The summed E-state index contributed by atoms with van der Waals surface area (Å²) >= 11 is 0. The molecule has 596 valence electrons. The van der Waals surface area contributed by atoms with Gasteiger partial charge in [-0.05, 0) is 255 Å².